The molecule has 0 unspecified atom stereocenters. The Morgan fingerprint density at radius 3 is 2.64 bits per heavy atom. The molecule has 0 aliphatic carbocycles. The van der Waals surface area contributed by atoms with Gasteiger partial charge in [0, 0.05) is 21.7 Å². The third kappa shape index (κ3) is 5.49. The number of amides is 1. The van der Waals surface area contributed by atoms with Gasteiger partial charge in [-0.15, -0.1) is 23.1 Å². The molecule has 0 fully saturated rings. The van der Waals surface area contributed by atoms with E-state index in [2.05, 4.69) is 15.6 Å². The first-order valence-electron chi connectivity index (χ1n) is 8.16. The van der Waals surface area contributed by atoms with Crippen LogP contribution >= 0.6 is 23.1 Å². The number of nitrogens with one attached hydrogen (secondary N) is 2. The van der Waals surface area contributed by atoms with Crippen molar-refractivity contribution in [2.24, 2.45) is 0 Å². The largest absolute Gasteiger partial charge is 0.416 e. The first-order valence-corrected chi connectivity index (χ1v) is 10.3. The number of benzene rings is 2. The van der Waals surface area contributed by atoms with Crippen molar-refractivity contribution < 1.29 is 18.0 Å². The minimum atomic E-state index is -4.41. The van der Waals surface area contributed by atoms with Gasteiger partial charge < -0.3 is 10.6 Å². The highest BCUT2D eigenvalue weighted by atomic mass is 32.2. The highest BCUT2D eigenvalue weighted by molar-refractivity contribution is 7.98. The number of hydrogen-bond donors (Lipinski definition) is 2. The quantitative estimate of drug-likeness (QED) is 0.492. The molecular formula is C19H16F3N3OS2. The number of nitrogens with zero attached hydrogens (tertiary/aromatic N) is 1. The second-order valence-electron chi connectivity index (χ2n) is 5.80. The van der Waals surface area contributed by atoms with Crippen molar-refractivity contribution in [1.82, 2.24) is 4.98 Å². The Morgan fingerprint density at radius 1 is 1.14 bits per heavy atom. The van der Waals surface area contributed by atoms with E-state index >= 15 is 0 Å². The Balaban J connectivity index is 1.62. The van der Waals surface area contributed by atoms with Crippen molar-refractivity contribution in [3.63, 3.8) is 0 Å². The molecule has 2 aromatic carbocycles. The van der Waals surface area contributed by atoms with Crippen LogP contribution in [0.3, 0.4) is 0 Å². The van der Waals surface area contributed by atoms with Crippen molar-refractivity contribution in [2.45, 2.75) is 17.5 Å². The van der Waals surface area contributed by atoms with Crippen molar-refractivity contribution >= 4 is 45.5 Å². The van der Waals surface area contributed by atoms with Gasteiger partial charge in [-0.2, -0.15) is 13.2 Å². The molecule has 0 spiro atoms. The molecule has 2 N–H and O–H groups in total. The zero-order valence-corrected chi connectivity index (χ0v) is 16.3. The Hall–Kier alpha value is -2.52. The van der Waals surface area contributed by atoms with Crippen LogP contribution in [0.1, 0.15) is 11.3 Å². The standard InChI is InChI=1S/C19H16F3N3OS2/c1-27-16-7-3-6-14(9-16)23-17(26)10-15-11-28-18(25-15)24-13-5-2-4-12(8-13)19(20,21)22/h2-9,11H,10H2,1H3,(H,23,26)(H,24,25). The zero-order valence-electron chi connectivity index (χ0n) is 14.7. The first-order chi connectivity index (χ1) is 13.3. The lowest BCUT2D eigenvalue weighted by molar-refractivity contribution is -0.137. The smallest absolute Gasteiger partial charge is 0.332 e. The molecule has 4 nitrogen and oxygen atoms in total. The molecule has 28 heavy (non-hydrogen) atoms. The van der Waals surface area contributed by atoms with E-state index in [9.17, 15) is 18.0 Å². The predicted octanol–water partition coefficient (Wildman–Crippen LogP) is 5.81. The van der Waals surface area contributed by atoms with Gasteiger partial charge in [0.25, 0.3) is 0 Å². The molecule has 0 radical (unpaired) electrons. The molecule has 146 valence electrons. The van der Waals surface area contributed by atoms with E-state index in [4.69, 9.17) is 0 Å². The van der Waals surface area contributed by atoms with E-state index in [1.165, 1.54) is 23.5 Å². The van der Waals surface area contributed by atoms with Gasteiger partial charge in [-0.25, -0.2) is 4.98 Å². The van der Waals surface area contributed by atoms with Crippen LogP contribution < -0.4 is 10.6 Å². The lowest BCUT2D eigenvalue weighted by atomic mass is 10.2. The van der Waals surface area contributed by atoms with E-state index < -0.39 is 11.7 Å². The fourth-order valence-corrected chi connectivity index (χ4v) is 3.60. The van der Waals surface area contributed by atoms with E-state index in [1.54, 1.807) is 23.2 Å². The van der Waals surface area contributed by atoms with Gasteiger partial charge in [0.05, 0.1) is 17.7 Å². The number of carbonyl (C=O) groups is 1. The molecular weight excluding hydrogens is 407 g/mol. The van der Waals surface area contributed by atoms with Crippen LogP contribution in [0.4, 0.5) is 29.7 Å². The monoisotopic (exact) mass is 423 g/mol. The number of aromatic nitrogens is 1. The molecule has 0 aliphatic heterocycles. The van der Waals surface area contributed by atoms with Crippen molar-refractivity contribution in [3.8, 4) is 0 Å². The number of carbonyl (C=O) groups excluding carboxylic acids is 1. The highest BCUT2D eigenvalue weighted by Gasteiger charge is 2.30. The Labute approximate surface area is 168 Å². The van der Waals surface area contributed by atoms with Crippen molar-refractivity contribution in [1.29, 1.82) is 0 Å². The maximum atomic E-state index is 12.8. The van der Waals surface area contributed by atoms with Crippen LogP contribution in [0.5, 0.6) is 0 Å². The fourth-order valence-electron chi connectivity index (χ4n) is 2.41. The summed E-state index contributed by atoms with van der Waals surface area (Å²) < 4.78 is 38.4. The summed E-state index contributed by atoms with van der Waals surface area (Å²) in [4.78, 5) is 17.5. The van der Waals surface area contributed by atoms with Gasteiger partial charge in [0.2, 0.25) is 5.91 Å². The molecule has 1 heterocycles. The van der Waals surface area contributed by atoms with Crippen molar-refractivity contribution in [3.05, 3.63) is 65.2 Å². The summed E-state index contributed by atoms with van der Waals surface area (Å²) in [5.41, 5.74) is 0.794. The highest BCUT2D eigenvalue weighted by Crippen LogP contribution is 2.31. The average Bonchev–Trinajstić information content (AvgIpc) is 3.08. The normalized spacial score (nSPS) is 11.3. The first kappa shape index (κ1) is 20.2. The summed E-state index contributed by atoms with van der Waals surface area (Å²) in [5.74, 6) is -0.214. The summed E-state index contributed by atoms with van der Waals surface area (Å²) in [6, 6.07) is 12.4. The lowest BCUT2D eigenvalue weighted by Gasteiger charge is -2.09. The molecule has 1 aromatic heterocycles. The summed E-state index contributed by atoms with van der Waals surface area (Å²) in [6.45, 7) is 0. The third-order valence-corrected chi connectivity index (χ3v) is 5.22. The fraction of sp³-hybridized carbons (Fsp3) is 0.158. The van der Waals surface area contributed by atoms with Crippen LogP contribution in [-0.2, 0) is 17.4 Å². The molecule has 0 saturated carbocycles. The molecule has 9 heteroatoms. The lowest BCUT2D eigenvalue weighted by Crippen LogP contribution is -2.14. The van der Waals surface area contributed by atoms with Crippen molar-refractivity contribution in [2.75, 3.05) is 16.9 Å². The molecule has 0 saturated heterocycles. The molecule has 0 atom stereocenters. The van der Waals surface area contributed by atoms with E-state index in [0.717, 1.165) is 17.0 Å². The molecule has 3 rings (SSSR count). The summed E-state index contributed by atoms with van der Waals surface area (Å²) >= 11 is 2.81. The number of alkyl halides is 3. The maximum absolute atomic E-state index is 12.8. The number of hydrogen-bond acceptors (Lipinski definition) is 5. The van der Waals surface area contributed by atoms with Gasteiger partial charge in [-0.1, -0.05) is 12.1 Å². The Bertz CT molecular complexity index is 973. The van der Waals surface area contributed by atoms with E-state index in [0.29, 0.717) is 16.5 Å². The number of thiazole rings is 1. The van der Waals surface area contributed by atoms with Crippen LogP contribution in [0.25, 0.3) is 0 Å². The zero-order chi connectivity index (χ0) is 20.1. The number of anilines is 3. The number of rotatable bonds is 6. The van der Waals surface area contributed by atoms with Gasteiger partial charge in [-0.05, 0) is 42.7 Å². The van der Waals surface area contributed by atoms with Gasteiger partial charge in [0.1, 0.15) is 0 Å². The topological polar surface area (TPSA) is 54.0 Å². The minimum Gasteiger partial charge on any atom is -0.332 e. The van der Waals surface area contributed by atoms with E-state index in [1.807, 2.05) is 24.5 Å². The predicted molar refractivity (Wildman–Crippen MR) is 107 cm³/mol. The Kier molecular flexibility index (Phi) is 6.25. The second-order valence-corrected chi connectivity index (χ2v) is 7.54. The summed E-state index contributed by atoms with van der Waals surface area (Å²) in [5, 5.41) is 7.79. The molecule has 0 bridgehead atoms. The SMILES string of the molecule is CSc1cccc(NC(=O)Cc2csc(Nc3cccc(C(F)(F)F)c3)n2)c1. The average molecular weight is 423 g/mol. The van der Waals surface area contributed by atoms with Crippen LogP contribution in [0.15, 0.2) is 58.8 Å². The molecule has 1 amide bonds. The molecule has 3 aromatic rings. The Morgan fingerprint density at radius 2 is 1.89 bits per heavy atom. The van der Waals surface area contributed by atoms with Gasteiger partial charge in [-0.3, -0.25) is 4.79 Å². The summed E-state index contributed by atoms with van der Waals surface area (Å²) in [7, 11) is 0. The third-order valence-electron chi connectivity index (χ3n) is 3.69. The molecule has 0 aliphatic rings. The van der Waals surface area contributed by atoms with Crippen LogP contribution in [-0.4, -0.2) is 17.1 Å². The second kappa shape index (κ2) is 8.66. The van der Waals surface area contributed by atoms with Gasteiger partial charge >= 0.3 is 6.18 Å². The number of thioether (sulfide) groups is 1. The minimum absolute atomic E-state index is 0.0737. The number of halogens is 3. The van der Waals surface area contributed by atoms with Gasteiger partial charge in [0.15, 0.2) is 5.13 Å². The van der Waals surface area contributed by atoms with Crippen LogP contribution in [0, 0.1) is 0 Å². The van der Waals surface area contributed by atoms with E-state index in [-0.39, 0.29) is 18.0 Å². The maximum Gasteiger partial charge on any atom is 0.416 e. The summed E-state index contributed by atoms with van der Waals surface area (Å²) in [6.07, 6.45) is -2.38. The van der Waals surface area contributed by atoms with Crippen LogP contribution in [0.2, 0.25) is 0 Å².